The van der Waals surface area contributed by atoms with Crippen LogP contribution in [0.3, 0.4) is 0 Å². The van der Waals surface area contributed by atoms with Gasteiger partial charge in [-0.25, -0.2) is 4.79 Å². The van der Waals surface area contributed by atoms with Crippen molar-refractivity contribution < 1.29 is 19.3 Å². The summed E-state index contributed by atoms with van der Waals surface area (Å²) in [5, 5.41) is 0. The number of methoxy groups -OCH3 is 1. The lowest BCUT2D eigenvalue weighted by atomic mass is 10.2. The van der Waals surface area contributed by atoms with Crippen LogP contribution in [0, 0.1) is 6.92 Å². The second kappa shape index (κ2) is 6.85. The third-order valence-electron chi connectivity index (χ3n) is 1.94. The van der Waals surface area contributed by atoms with Crippen molar-refractivity contribution in [2.75, 3.05) is 13.7 Å². The van der Waals surface area contributed by atoms with Crippen molar-refractivity contribution in [3.8, 4) is 5.75 Å². The van der Waals surface area contributed by atoms with Gasteiger partial charge in [0.1, 0.15) is 11.3 Å². The number of hydrogen-bond donors (Lipinski definition) is 0. The maximum Gasteiger partial charge on any atom is 0.376 e. The Kier molecular flexibility index (Phi) is 5.36. The van der Waals surface area contributed by atoms with E-state index in [1.807, 2.05) is 0 Å². The van der Waals surface area contributed by atoms with Crippen molar-refractivity contribution in [3.05, 3.63) is 36.8 Å². The maximum atomic E-state index is 11.5. The summed E-state index contributed by atoms with van der Waals surface area (Å²) in [6.07, 6.45) is 1.49. The first-order valence-electron chi connectivity index (χ1n) is 5.05. The van der Waals surface area contributed by atoms with Crippen LogP contribution in [0.1, 0.15) is 23.2 Å². The molecule has 1 rings (SSSR count). The van der Waals surface area contributed by atoms with E-state index in [9.17, 15) is 4.79 Å². The molecule has 0 amide bonds. The van der Waals surface area contributed by atoms with Gasteiger partial charge in [-0.2, -0.15) is 4.89 Å². The molecule has 4 heteroatoms. The highest BCUT2D eigenvalue weighted by Gasteiger charge is 2.13. The first kappa shape index (κ1) is 12.5. The van der Waals surface area contributed by atoms with E-state index < -0.39 is 5.97 Å². The fourth-order valence-electron chi connectivity index (χ4n) is 1.11. The van der Waals surface area contributed by atoms with Gasteiger partial charge in [-0.1, -0.05) is 25.5 Å². The molecule has 0 fully saturated rings. The van der Waals surface area contributed by atoms with Crippen LogP contribution in [0.5, 0.6) is 5.75 Å². The Hall–Kier alpha value is -1.55. The normalized spacial score (nSPS) is 9.88. The largest absolute Gasteiger partial charge is 0.496 e. The van der Waals surface area contributed by atoms with Gasteiger partial charge in [0, 0.05) is 0 Å². The molecule has 4 nitrogen and oxygen atoms in total. The molecule has 1 aromatic carbocycles. The summed E-state index contributed by atoms with van der Waals surface area (Å²) in [5.74, 6) is -0.0882. The fraction of sp³-hybridized carbons (Fsp3) is 0.333. The molecule has 0 aliphatic carbocycles. The zero-order chi connectivity index (χ0) is 11.8. The number of rotatable bonds is 6. The van der Waals surface area contributed by atoms with E-state index in [-0.39, 0.29) is 0 Å². The summed E-state index contributed by atoms with van der Waals surface area (Å²) in [7, 11) is 1.50. The van der Waals surface area contributed by atoms with Crippen molar-refractivity contribution in [2.45, 2.75) is 12.8 Å². The van der Waals surface area contributed by atoms with Gasteiger partial charge >= 0.3 is 5.97 Å². The number of hydrogen-bond acceptors (Lipinski definition) is 4. The Bertz CT molecular complexity index is 336. The van der Waals surface area contributed by atoms with E-state index in [0.717, 1.165) is 12.8 Å². The minimum absolute atomic E-state index is 0.347. The van der Waals surface area contributed by atoms with Crippen molar-refractivity contribution in [1.82, 2.24) is 0 Å². The summed E-state index contributed by atoms with van der Waals surface area (Å²) in [6, 6.07) is 6.81. The molecule has 0 heterocycles. The number of para-hydroxylation sites is 1. The molecule has 16 heavy (non-hydrogen) atoms. The SMILES string of the molecule is [CH2]CCCOOC(=O)c1ccccc1OC. The quantitative estimate of drug-likeness (QED) is 0.422. The first-order valence-corrected chi connectivity index (χ1v) is 5.05. The highest BCUT2D eigenvalue weighted by atomic mass is 17.2. The molecule has 1 aromatic rings. The van der Waals surface area contributed by atoms with Crippen LogP contribution in [0.25, 0.3) is 0 Å². The third-order valence-corrected chi connectivity index (χ3v) is 1.94. The molecule has 0 N–H and O–H groups in total. The average Bonchev–Trinajstić information content (AvgIpc) is 2.34. The van der Waals surface area contributed by atoms with E-state index in [1.165, 1.54) is 7.11 Å². The first-order chi connectivity index (χ1) is 7.79. The summed E-state index contributed by atoms with van der Waals surface area (Å²) in [6.45, 7) is 4.00. The molecule has 0 aliphatic rings. The zero-order valence-electron chi connectivity index (χ0n) is 9.27. The lowest BCUT2D eigenvalue weighted by Gasteiger charge is -2.06. The van der Waals surface area contributed by atoms with Crippen LogP contribution in [-0.4, -0.2) is 19.7 Å². The van der Waals surface area contributed by atoms with Crippen LogP contribution < -0.4 is 4.74 Å². The molecular formula is C12H15O4. The predicted molar refractivity (Wildman–Crippen MR) is 59.0 cm³/mol. The molecule has 0 aliphatic heterocycles. The monoisotopic (exact) mass is 223 g/mol. The summed E-state index contributed by atoms with van der Waals surface area (Å²) in [5.41, 5.74) is 0.347. The Balaban J connectivity index is 2.52. The summed E-state index contributed by atoms with van der Waals surface area (Å²) >= 11 is 0. The molecule has 0 spiro atoms. The van der Waals surface area contributed by atoms with Gasteiger partial charge in [-0.15, -0.1) is 0 Å². The van der Waals surface area contributed by atoms with Gasteiger partial charge in [0.25, 0.3) is 0 Å². The third kappa shape index (κ3) is 3.55. The molecule has 0 aromatic heterocycles. The van der Waals surface area contributed by atoms with E-state index in [1.54, 1.807) is 24.3 Å². The fourth-order valence-corrected chi connectivity index (χ4v) is 1.11. The van der Waals surface area contributed by atoms with E-state index in [4.69, 9.17) is 9.62 Å². The van der Waals surface area contributed by atoms with Crippen LogP contribution in [0.15, 0.2) is 24.3 Å². The minimum atomic E-state index is -0.554. The molecule has 0 saturated carbocycles. The maximum absolute atomic E-state index is 11.5. The van der Waals surface area contributed by atoms with Crippen molar-refractivity contribution >= 4 is 5.97 Å². The molecule has 0 bridgehead atoms. The number of carbonyl (C=O) groups is 1. The molecule has 1 radical (unpaired) electrons. The van der Waals surface area contributed by atoms with Crippen molar-refractivity contribution in [2.24, 2.45) is 0 Å². The Morgan fingerprint density at radius 2 is 2.12 bits per heavy atom. The van der Waals surface area contributed by atoms with Gasteiger partial charge in [-0.3, -0.25) is 4.89 Å². The van der Waals surface area contributed by atoms with E-state index >= 15 is 0 Å². The molecule has 0 atom stereocenters. The Morgan fingerprint density at radius 1 is 1.38 bits per heavy atom. The molecular weight excluding hydrogens is 208 g/mol. The van der Waals surface area contributed by atoms with Crippen molar-refractivity contribution in [1.29, 1.82) is 0 Å². The number of ether oxygens (including phenoxy) is 1. The Labute approximate surface area is 95.1 Å². The lowest BCUT2D eigenvalue weighted by molar-refractivity contribution is -0.241. The van der Waals surface area contributed by atoms with Crippen LogP contribution in [0.4, 0.5) is 0 Å². The topological polar surface area (TPSA) is 44.8 Å². The summed E-state index contributed by atoms with van der Waals surface area (Å²) in [4.78, 5) is 20.9. The summed E-state index contributed by atoms with van der Waals surface area (Å²) < 4.78 is 5.03. The van der Waals surface area contributed by atoms with Gasteiger partial charge in [0.05, 0.1) is 13.7 Å². The second-order valence-corrected chi connectivity index (χ2v) is 3.10. The van der Waals surface area contributed by atoms with Crippen LogP contribution >= 0.6 is 0 Å². The highest BCUT2D eigenvalue weighted by molar-refractivity contribution is 5.92. The van der Waals surface area contributed by atoms with Crippen LogP contribution in [0.2, 0.25) is 0 Å². The minimum Gasteiger partial charge on any atom is -0.496 e. The van der Waals surface area contributed by atoms with Gasteiger partial charge in [0.15, 0.2) is 0 Å². The van der Waals surface area contributed by atoms with Gasteiger partial charge in [-0.05, 0) is 18.6 Å². The molecule has 0 saturated heterocycles. The lowest BCUT2D eigenvalue weighted by Crippen LogP contribution is -2.08. The molecule has 87 valence electrons. The number of unbranched alkanes of at least 4 members (excludes halogenated alkanes) is 1. The second-order valence-electron chi connectivity index (χ2n) is 3.10. The number of carbonyl (C=O) groups excluding carboxylic acids is 1. The van der Waals surface area contributed by atoms with Crippen LogP contribution in [-0.2, 0) is 9.78 Å². The van der Waals surface area contributed by atoms with Gasteiger partial charge < -0.3 is 4.74 Å². The highest BCUT2D eigenvalue weighted by Crippen LogP contribution is 2.18. The predicted octanol–water partition coefficient (Wildman–Crippen LogP) is 2.40. The van der Waals surface area contributed by atoms with Crippen molar-refractivity contribution in [3.63, 3.8) is 0 Å². The van der Waals surface area contributed by atoms with E-state index in [2.05, 4.69) is 11.8 Å². The smallest absolute Gasteiger partial charge is 0.376 e. The Morgan fingerprint density at radius 3 is 2.81 bits per heavy atom. The average molecular weight is 223 g/mol. The zero-order valence-corrected chi connectivity index (χ0v) is 9.27. The van der Waals surface area contributed by atoms with Gasteiger partial charge in [0.2, 0.25) is 0 Å². The van der Waals surface area contributed by atoms with E-state index in [0.29, 0.717) is 17.9 Å². The molecule has 0 unspecified atom stereocenters. The standard InChI is InChI=1S/C12H15O4/c1-3-4-9-15-16-12(13)10-7-5-6-8-11(10)14-2/h5-8H,1,3-4,9H2,2H3. The number of benzene rings is 1.